The van der Waals surface area contributed by atoms with E-state index in [1.165, 1.54) is 19.3 Å². The molecule has 0 saturated heterocycles. The molecule has 28 heavy (non-hydrogen) atoms. The lowest BCUT2D eigenvalue weighted by atomic mass is 9.90. The molecule has 1 atom stereocenters. The van der Waals surface area contributed by atoms with Crippen molar-refractivity contribution in [1.82, 2.24) is 0 Å². The van der Waals surface area contributed by atoms with Gasteiger partial charge in [-0.05, 0) is 43.7 Å². The van der Waals surface area contributed by atoms with Crippen LogP contribution in [-0.2, 0) is 9.47 Å². The third-order valence-electron chi connectivity index (χ3n) is 5.10. The molecule has 0 N–H and O–H groups in total. The normalized spacial score (nSPS) is 15.2. The maximum absolute atomic E-state index is 12.7. The van der Waals surface area contributed by atoms with E-state index in [1.54, 1.807) is 24.3 Å². The number of esters is 2. The van der Waals surface area contributed by atoms with Crippen molar-refractivity contribution in [1.29, 1.82) is 0 Å². The second kappa shape index (κ2) is 12.2. The summed E-state index contributed by atoms with van der Waals surface area (Å²) in [6.45, 7) is 4.47. The minimum atomic E-state index is -0.491. The monoisotopic (exact) mass is 384 g/mol. The average Bonchev–Trinajstić information content (AvgIpc) is 2.74. The van der Waals surface area contributed by atoms with Crippen molar-refractivity contribution in [3.63, 3.8) is 0 Å². The molecule has 1 unspecified atom stereocenters. The van der Waals surface area contributed by atoms with Crippen molar-refractivity contribution < 1.29 is 19.1 Å². The second-order valence-electron chi connectivity index (χ2n) is 7.39. The zero-order valence-electron chi connectivity index (χ0n) is 17.2. The standard InChI is InChI=1S/C24H32O4/c1-3-5-6-10-15-20(4-2)28-24(26)22-17-12-11-16-21(22)23(25)27-18-19-13-8-7-9-14-19/h11-12,16-17,19-20H,3-5,7-9,13-15,18H2,1-2H3. The fourth-order valence-corrected chi connectivity index (χ4v) is 3.35. The molecule has 0 heterocycles. The van der Waals surface area contributed by atoms with Gasteiger partial charge in [-0.2, -0.15) is 0 Å². The highest BCUT2D eigenvalue weighted by molar-refractivity contribution is 6.03. The molecule has 1 saturated carbocycles. The predicted molar refractivity (Wildman–Crippen MR) is 110 cm³/mol. The number of carbonyl (C=O) groups excluding carboxylic acids is 2. The van der Waals surface area contributed by atoms with Gasteiger partial charge in [0.05, 0.1) is 17.7 Å². The number of ether oxygens (including phenoxy) is 2. The molecule has 0 aliphatic heterocycles. The van der Waals surface area contributed by atoms with Gasteiger partial charge < -0.3 is 9.47 Å². The predicted octanol–water partition coefficient (Wildman–Crippen LogP) is 5.55. The molecule has 0 spiro atoms. The van der Waals surface area contributed by atoms with Gasteiger partial charge in [-0.15, -0.1) is 5.92 Å². The summed E-state index contributed by atoms with van der Waals surface area (Å²) < 4.78 is 11.1. The SMILES string of the molecule is CCCC#CCC(CC)OC(=O)c1ccccc1C(=O)OCC1CCCCC1. The first kappa shape index (κ1) is 22.0. The van der Waals surface area contributed by atoms with E-state index in [4.69, 9.17) is 9.47 Å². The molecule has 1 aliphatic rings. The number of hydrogen-bond donors (Lipinski definition) is 0. The first-order valence-corrected chi connectivity index (χ1v) is 10.6. The fourth-order valence-electron chi connectivity index (χ4n) is 3.35. The quantitative estimate of drug-likeness (QED) is 0.435. The molecule has 1 fully saturated rings. The maximum atomic E-state index is 12.7. The lowest BCUT2D eigenvalue weighted by Gasteiger charge is -2.21. The molecular formula is C24H32O4. The third kappa shape index (κ3) is 7.03. The Kier molecular flexibility index (Phi) is 9.62. The van der Waals surface area contributed by atoms with Crippen LogP contribution in [0.3, 0.4) is 0 Å². The van der Waals surface area contributed by atoms with Gasteiger partial charge in [0.2, 0.25) is 0 Å². The Morgan fingerprint density at radius 1 is 1.04 bits per heavy atom. The summed E-state index contributed by atoms with van der Waals surface area (Å²) in [5.74, 6) is 5.64. The smallest absolute Gasteiger partial charge is 0.339 e. The van der Waals surface area contributed by atoms with E-state index in [-0.39, 0.29) is 17.2 Å². The van der Waals surface area contributed by atoms with Crippen LogP contribution in [0.1, 0.15) is 92.4 Å². The molecule has 0 amide bonds. The molecule has 0 bridgehead atoms. The minimum Gasteiger partial charge on any atom is -0.462 e. The van der Waals surface area contributed by atoms with Crippen molar-refractivity contribution in [3.8, 4) is 11.8 Å². The molecule has 0 aromatic heterocycles. The van der Waals surface area contributed by atoms with Crippen LogP contribution in [-0.4, -0.2) is 24.6 Å². The van der Waals surface area contributed by atoms with Gasteiger partial charge >= 0.3 is 11.9 Å². The van der Waals surface area contributed by atoms with Crippen LogP contribution in [0.4, 0.5) is 0 Å². The Bertz CT molecular complexity index is 692. The Labute approximate surface area is 169 Å². The van der Waals surface area contributed by atoms with Gasteiger partial charge in [0.15, 0.2) is 0 Å². The summed E-state index contributed by atoms with van der Waals surface area (Å²) in [6, 6.07) is 6.72. The van der Waals surface area contributed by atoms with Gasteiger partial charge in [0.1, 0.15) is 6.10 Å². The van der Waals surface area contributed by atoms with Crippen molar-refractivity contribution in [2.75, 3.05) is 6.61 Å². The molecule has 2 rings (SSSR count). The van der Waals surface area contributed by atoms with Crippen molar-refractivity contribution in [2.24, 2.45) is 5.92 Å². The van der Waals surface area contributed by atoms with Crippen LogP contribution >= 0.6 is 0 Å². The van der Waals surface area contributed by atoms with Gasteiger partial charge in [-0.3, -0.25) is 0 Å². The molecule has 152 valence electrons. The molecule has 1 aromatic carbocycles. The number of rotatable bonds is 8. The summed E-state index contributed by atoms with van der Waals surface area (Å²) in [7, 11) is 0. The van der Waals surface area contributed by atoms with Crippen LogP contribution in [0.2, 0.25) is 0 Å². The van der Waals surface area contributed by atoms with Crippen molar-refractivity contribution in [3.05, 3.63) is 35.4 Å². The van der Waals surface area contributed by atoms with Crippen LogP contribution in [0.5, 0.6) is 0 Å². The van der Waals surface area contributed by atoms with E-state index in [2.05, 4.69) is 18.8 Å². The fraction of sp³-hybridized carbons (Fsp3) is 0.583. The molecule has 1 aromatic rings. The largest absolute Gasteiger partial charge is 0.462 e. The van der Waals surface area contributed by atoms with E-state index >= 15 is 0 Å². The van der Waals surface area contributed by atoms with Gasteiger partial charge in [0.25, 0.3) is 0 Å². The average molecular weight is 385 g/mol. The van der Waals surface area contributed by atoms with Crippen molar-refractivity contribution >= 4 is 11.9 Å². The summed E-state index contributed by atoms with van der Waals surface area (Å²) in [5, 5.41) is 0. The topological polar surface area (TPSA) is 52.6 Å². The van der Waals surface area contributed by atoms with Crippen LogP contribution in [0, 0.1) is 17.8 Å². The lowest BCUT2D eigenvalue weighted by molar-refractivity contribution is 0.0286. The van der Waals surface area contributed by atoms with E-state index in [1.807, 2.05) is 6.92 Å². The van der Waals surface area contributed by atoms with E-state index in [0.29, 0.717) is 25.4 Å². The minimum absolute atomic E-state index is 0.260. The van der Waals surface area contributed by atoms with Gasteiger partial charge in [0, 0.05) is 12.8 Å². The Hall–Kier alpha value is -2.28. The maximum Gasteiger partial charge on any atom is 0.339 e. The zero-order valence-corrected chi connectivity index (χ0v) is 17.2. The highest BCUT2D eigenvalue weighted by Gasteiger charge is 2.22. The molecule has 1 aliphatic carbocycles. The van der Waals surface area contributed by atoms with Crippen LogP contribution < -0.4 is 0 Å². The molecule has 0 radical (unpaired) electrons. The Morgan fingerprint density at radius 3 is 2.36 bits per heavy atom. The second-order valence-corrected chi connectivity index (χ2v) is 7.39. The number of unbranched alkanes of at least 4 members (excludes halogenated alkanes) is 1. The molecule has 4 nitrogen and oxygen atoms in total. The number of benzene rings is 1. The highest BCUT2D eigenvalue weighted by atomic mass is 16.5. The third-order valence-corrected chi connectivity index (χ3v) is 5.10. The molecular weight excluding hydrogens is 352 g/mol. The number of carbonyl (C=O) groups is 2. The lowest BCUT2D eigenvalue weighted by Crippen LogP contribution is -2.21. The van der Waals surface area contributed by atoms with Gasteiger partial charge in [-0.25, -0.2) is 9.59 Å². The Morgan fingerprint density at radius 2 is 1.71 bits per heavy atom. The Balaban J connectivity index is 1.97. The van der Waals surface area contributed by atoms with E-state index in [9.17, 15) is 9.59 Å². The van der Waals surface area contributed by atoms with Gasteiger partial charge in [-0.1, -0.05) is 51.2 Å². The summed E-state index contributed by atoms with van der Waals surface area (Å²) >= 11 is 0. The summed E-state index contributed by atoms with van der Waals surface area (Å²) in [6.07, 6.45) is 8.65. The first-order chi connectivity index (χ1) is 13.7. The summed E-state index contributed by atoms with van der Waals surface area (Å²) in [5.41, 5.74) is 0.534. The first-order valence-electron chi connectivity index (χ1n) is 10.6. The summed E-state index contributed by atoms with van der Waals surface area (Å²) in [4.78, 5) is 25.2. The van der Waals surface area contributed by atoms with Crippen LogP contribution in [0.25, 0.3) is 0 Å². The highest BCUT2D eigenvalue weighted by Crippen LogP contribution is 2.24. The molecule has 4 heteroatoms. The zero-order chi connectivity index (χ0) is 20.2. The number of hydrogen-bond acceptors (Lipinski definition) is 4. The van der Waals surface area contributed by atoms with E-state index < -0.39 is 11.9 Å². The van der Waals surface area contributed by atoms with Crippen LogP contribution in [0.15, 0.2) is 24.3 Å². The van der Waals surface area contributed by atoms with Crippen molar-refractivity contribution in [2.45, 2.75) is 77.7 Å². The van der Waals surface area contributed by atoms with E-state index in [0.717, 1.165) is 25.7 Å².